The van der Waals surface area contributed by atoms with Gasteiger partial charge in [0, 0.05) is 5.30 Å². The third-order valence-corrected chi connectivity index (χ3v) is 8.31. The summed E-state index contributed by atoms with van der Waals surface area (Å²) in [6.45, 7) is 0. The highest BCUT2D eigenvalue weighted by Gasteiger charge is 2.59. The molecule has 5 nitrogen and oxygen atoms in total. The highest BCUT2D eigenvalue weighted by atomic mass is 31.2. The molecule has 0 saturated heterocycles. The molecule has 0 radical (unpaired) electrons. The van der Waals surface area contributed by atoms with Gasteiger partial charge in [0.1, 0.15) is 5.28 Å². The van der Waals surface area contributed by atoms with Crippen LogP contribution in [0.15, 0.2) is 54.6 Å². The van der Waals surface area contributed by atoms with Crippen molar-refractivity contribution in [3.63, 3.8) is 0 Å². The van der Waals surface area contributed by atoms with Crippen molar-refractivity contribution in [3.8, 4) is 0 Å². The van der Waals surface area contributed by atoms with Crippen molar-refractivity contribution < 1.29 is 19.0 Å². The first kappa shape index (κ1) is 17.2. The summed E-state index contributed by atoms with van der Waals surface area (Å²) < 4.78 is 13.7. The zero-order valence-corrected chi connectivity index (χ0v) is 15.2. The molecule has 0 aromatic heterocycles. The van der Waals surface area contributed by atoms with Gasteiger partial charge >= 0.3 is 0 Å². The van der Waals surface area contributed by atoms with Gasteiger partial charge in [-0.1, -0.05) is 49.6 Å². The first-order chi connectivity index (χ1) is 12.5. The Morgan fingerprint density at radius 2 is 1.31 bits per heavy atom. The monoisotopic (exact) mass is 369 g/mol. The average molecular weight is 369 g/mol. The number of hydrogen-bond acceptors (Lipinski definition) is 3. The van der Waals surface area contributed by atoms with Gasteiger partial charge in [0.2, 0.25) is 0 Å². The number of carbonyl (C=O) groups is 2. The first-order valence-electron chi connectivity index (χ1n) is 8.85. The van der Waals surface area contributed by atoms with E-state index < -0.39 is 24.5 Å². The fourth-order valence-electron chi connectivity index (χ4n) is 4.22. The second kappa shape index (κ2) is 6.19. The van der Waals surface area contributed by atoms with Gasteiger partial charge in [-0.3, -0.25) is 19.1 Å². The lowest BCUT2D eigenvalue weighted by Crippen LogP contribution is -2.54. The second-order valence-corrected chi connectivity index (χ2v) is 9.45. The minimum atomic E-state index is -4.02. The van der Waals surface area contributed by atoms with Crippen molar-refractivity contribution in [1.29, 1.82) is 0 Å². The van der Waals surface area contributed by atoms with Crippen LogP contribution >= 0.6 is 7.37 Å². The number of rotatable bonds is 3. The molecule has 2 aliphatic rings. The Labute approximate surface area is 152 Å². The van der Waals surface area contributed by atoms with E-state index in [0.29, 0.717) is 42.1 Å². The van der Waals surface area contributed by atoms with Crippen molar-refractivity contribution in [1.82, 2.24) is 4.90 Å². The predicted molar refractivity (Wildman–Crippen MR) is 98.7 cm³/mol. The number of carbonyl (C=O) groups excluding carboxylic acids is 2. The number of amides is 2. The van der Waals surface area contributed by atoms with Crippen molar-refractivity contribution in [2.45, 2.75) is 37.4 Å². The zero-order chi connectivity index (χ0) is 18.4. The van der Waals surface area contributed by atoms with Crippen LogP contribution in [0.1, 0.15) is 52.8 Å². The summed E-state index contributed by atoms with van der Waals surface area (Å²) in [4.78, 5) is 38.5. The predicted octanol–water partition coefficient (Wildman–Crippen LogP) is 3.54. The van der Waals surface area contributed by atoms with Gasteiger partial charge in [-0.2, -0.15) is 0 Å². The molecule has 1 saturated carbocycles. The van der Waals surface area contributed by atoms with Crippen LogP contribution in [0.5, 0.6) is 0 Å². The normalized spacial score (nSPS) is 21.3. The quantitative estimate of drug-likeness (QED) is 0.663. The van der Waals surface area contributed by atoms with E-state index in [1.807, 2.05) is 0 Å². The van der Waals surface area contributed by atoms with Crippen LogP contribution in [0.4, 0.5) is 0 Å². The smallest absolute Gasteiger partial charge is 0.262 e. The fraction of sp³-hybridized carbons (Fsp3) is 0.300. The standard InChI is InChI=1S/C20H20NO4P/c22-18-16-11-5-6-12-17(16)19(23)21(18)20(13-7-2-8-14-20)26(24,25)15-9-3-1-4-10-15/h1,3-6,9-12H,2,7-8,13-14H2,(H,24,25). The summed E-state index contributed by atoms with van der Waals surface area (Å²) in [7, 11) is -4.02. The second-order valence-electron chi connectivity index (χ2n) is 6.95. The topological polar surface area (TPSA) is 74.7 Å². The van der Waals surface area contributed by atoms with E-state index in [-0.39, 0.29) is 0 Å². The molecular formula is C20H20NO4P. The van der Waals surface area contributed by atoms with Crippen LogP contribution in [0, 0.1) is 0 Å². The van der Waals surface area contributed by atoms with E-state index in [1.54, 1.807) is 54.6 Å². The maximum Gasteiger partial charge on any atom is 0.262 e. The Kier molecular flexibility index (Phi) is 4.09. The summed E-state index contributed by atoms with van der Waals surface area (Å²) in [6.07, 6.45) is 3.05. The molecule has 1 aliphatic heterocycles. The lowest BCUT2D eigenvalue weighted by Gasteiger charge is -2.45. The highest BCUT2D eigenvalue weighted by Crippen LogP contribution is 2.62. The first-order valence-corrected chi connectivity index (χ1v) is 10.5. The molecular weight excluding hydrogens is 349 g/mol. The summed E-state index contributed by atoms with van der Waals surface area (Å²) in [6, 6.07) is 15.0. The number of hydrogen-bond donors (Lipinski definition) is 1. The summed E-state index contributed by atoms with van der Waals surface area (Å²) in [5.41, 5.74) is 0.631. The molecule has 6 heteroatoms. The third kappa shape index (κ3) is 2.31. The maximum atomic E-state index is 13.7. The van der Waals surface area contributed by atoms with Gasteiger partial charge in [-0.15, -0.1) is 0 Å². The van der Waals surface area contributed by atoms with Gasteiger partial charge in [-0.25, -0.2) is 0 Å². The largest absolute Gasteiger partial charge is 0.339 e. The molecule has 134 valence electrons. The van der Waals surface area contributed by atoms with Gasteiger partial charge in [0.25, 0.3) is 19.2 Å². The molecule has 1 atom stereocenters. The molecule has 1 aliphatic carbocycles. The van der Waals surface area contributed by atoms with Crippen molar-refractivity contribution in [3.05, 3.63) is 65.7 Å². The average Bonchev–Trinajstić information content (AvgIpc) is 2.94. The van der Waals surface area contributed by atoms with Crippen LogP contribution in [0.2, 0.25) is 0 Å². The lowest BCUT2D eigenvalue weighted by atomic mass is 9.93. The summed E-state index contributed by atoms with van der Waals surface area (Å²) >= 11 is 0. The molecule has 2 amide bonds. The molecule has 1 N–H and O–H groups in total. The third-order valence-electron chi connectivity index (χ3n) is 5.53. The van der Waals surface area contributed by atoms with E-state index in [0.717, 1.165) is 11.3 Å². The van der Waals surface area contributed by atoms with E-state index in [9.17, 15) is 19.0 Å². The molecule has 26 heavy (non-hydrogen) atoms. The van der Waals surface area contributed by atoms with E-state index >= 15 is 0 Å². The molecule has 0 bridgehead atoms. The zero-order valence-electron chi connectivity index (χ0n) is 14.3. The van der Waals surface area contributed by atoms with Gasteiger partial charge in [0.15, 0.2) is 0 Å². The van der Waals surface area contributed by atoms with Gasteiger partial charge in [-0.05, 0) is 37.1 Å². The number of benzene rings is 2. The molecule has 4 rings (SSSR count). The molecule has 0 spiro atoms. The van der Waals surface area contributed by atoms with E-state index in [4.69, 9.17) is 0 Å². The van der Waals surface area contributed by atoms with Gasteiger partial charge in [0.05, 0.1) is 11.1 Å². The van der Waals surface area contributed by atoms with E-state index in [1.165, 1.54) is 0 Å². The van der Waals surface area contributed by atoms with Crippen LogP contribution in [0.3, 0.4) is 0 Å². The summed E-state index contributed by atoms with van der Waals surface area (Å²) in [5, 5.41) is -1.08. The van der Waals surface area contributed by atoms with Crippen LogP contribution in [-0.4, -0.2) is 26.9 Å². The Hall–Kier alpha value is -2.23. The van der Waals surface area contributed by atoms with Crippen LogP contribution in [0.25, 0.3) is 0 Å². The number of fused-ring (bicyclic) bond motifs is 1. The Morgan fingerprint density at radius 1 is 0.808 bits per heavy atom. The Morgan fingerprint density at radius 3 is 1.85 bits per heavy atom. The lowest BCUT2D eigenvalue weighted by molar-refractivity contribution is 0.0470. The van der Waals surface area contributed by atoms with Crippen LogP contribution in [-0.2, 0) is 4.57 Å². The minimum Gasteiger partial charge on any atom is -0.339 e. The number of imide groups is 1. The molecule has 2 aromatic rings. The molecule has 1 fully saturated rings. The van der Waals surface area contributed by atoms with E-state index in [2.05, 4.69) is 0 Å². The van der Waals surface area contributed by atoms with Gasteiger partial charge < -0.3 is 4.89 Å². The Bertz CT molecular complexity index is 883. The van der Waals surface area contributed by atoms with Crippen molar-refractivity contribution >= 4 is 24.5 Å². The molecule has 1 unspecified atom stereocenters. The van der Waals surface area contributed by atoms with Crippen molar-refractivity contribution in [2.75, 3.05) is 0 Å². The van der Waals surface area contributed by atoms with Crippen molar-refractivity contribution in [2.24, 2.45) is 0 Å². The minimum absolute atomic E-state index is 0.290. The SMILES string of the molecule is O=C1c2ccccc2C(=O)N1C1(P(=O)(O)c2ccccc2)CCCCC1. The Balaban J connectivity index is 1.88. The maximum absolute atomic E-state index is 13.7. The highest BCUT2D eigenvalue weighted by molar-refractivity contribution is 7.67. The molecule has 2 aromatic carbocycles. The van der Waals surface area contributed by atoms with Crippen LogP contribution < -0.4 is 5.30 Å². The number of nitrogens with zero attached hydrogens (tertiary/aromatic N) is 1. The fourth-order valence-corrected chi connectivity index (χ4v) is 6.65. The summed E-state index contributed by atoms with van der Waals surface area (Å²) in [5.74, 6) is -0.921. The molecule has 1 heterocycles.